The zero-order valence-corrected chi connectivity index (χ0v) is 21.8. The Morgan fingerprint density at radius 3 is 2.46 bits per heavy atom. The van der Waals surface area contributed by atoms with Crippen molar-refractivity contribution in [1.82, 2.24) is 9.36 Å². The molecule has 1 aliphatic rings. The number of nitrogens with zero attached hydrogens (tertiary/aromatic N) is 3. The Morgan fingerprint density at radius 2 is 1.71 bits per heavy atom. The van der Waals surface area contributed by atoms with Crippen molar-refractivity contribution in [3.05, 3.63) is 81.1 Å². The summed E-state index contributed by atoms with van der Waals surface area (Å²) in [6, 6.07) is 17.0. The van der Waals surface area contributed by atoms with Gasteiger partial charge in [0.15, 0.2) is 4.32 Å². The molecular formula is C27H29N3O3S2. The fourth-order valence-corrected chi connectivity index (χ4v) is 5.32. The average molecular weight is 508 g/mol. The first kappa shape index (κ1) is 25.0. The fraction of sp³-hybridized carbons (Fsp3) is 0.296. The summed E-state index contributed by atoms with van der Waals surface area (Å²) in [7, 11) is 1.80. The third-order valence-corrected chi connectivity index (χ3v) is 7.30. The van der Waals surface area contributed by atoms with E-state index in [1.807, 2.05) is 61.5 Å². The lowest BCUT2D eigenvalue weighted by Gasteiger charge is -2.12. The van der Waals surface area contributed by atoms with Crippen molar-refractivity contribution in [1.29, 1.82) is 0 Å². The molecule has 0 unspecified atom stereocenters. The monoisotopic (exact) mass is 507 g/mol. The van der Waals surface area contributed by atoms with E-state index in [0.29, 0.717) is 21.5 Å². The van der Waals surface area contributed by atoms with Crippen molar-refractivity contribution in [2.24, 2.45) is 7.05 Å². The number of benzene rings is 2. The van der Waals surface area contributed by atoms with Gasteiger partial charge in [0.05, 0.1) is 22.9 Å². The van der Waals surface area contributed by atoms with E-state index in [9.17, 15) is 9.59 Å². The maximum Gasteiger partial charge on any atom is 0.296 e. The topological polar surface area (TPSA) is 56.5 Å². The number of carbonyl (C=O) groups excluding carboxylic acids is 1. The van der Waals surface area contributed by atoms with Crippen molar-refractivity contribution >= 4 is 46.0 Å². The van der Waals surface area contributed by atoms with Crippen LogP contribution in [-0.4, -0.2) is 26.2 Å². The van der Waals surface area contributed by atoms with Crippen LogP contribution < -0.4 is 15.2 Å². The van der Waals surface area contributed by atoms with Crippen LogP contribution in [0.3, 0.4) is 0 Å². The minimum atomic E-state index is -0.302. The smallest absolute Gasteiger partial charge is 0.296 e. The van der Waals surface area contributed by atoms with Crippen molar-refractivity contribution < 1.29 is 9.53 Å². The van der Waals surface area contributed by atoms with E-state index < -0.39 is 0 Å². The molecule has 0 saturated carbocycles. The third-order valence-electron chi connectivity index (χ3n) is 6.00. The summed E-state index contributed by atoms with van der Waals surface area (Å²) < 4.78 is 9.64. The molecule has 1 fully saturated rings. The summed E-state index contributed by atoms with van der Waals surface area (Å²) in [6.07, 6.45) is 6.29. The van der Waals surface area contributed by atoms with E-state index in [-0.39, 0.29) is 17.2 Å². The van der Waals surface area contributed by atoms with Gasteiger partial charge in [-0.25, -0.2) is 4.68 Å². The van der Waals surface area contributed by atoms with Crippen molar-refractivity contribution in [3.8, 4) is 11.4 Å². The minimum absolute atomic E-state index is 0.280. The third kappa shape index (κ3) is 5.13. The zero-order chi connectivity index (χ0) is 24.9. The van der Waals surface area contributed by atoms with Crippen LogP contribution in [0.25, 0.3) is 11.8 Å². The second-order valence-electron chi connectivity index (χ2n) is 8.37. The molecule has 0 aliphatic carbocycles. The van der Waals surface area contributed by atoms with Crippen LogP contribution in [0.1, 0.15) is 43.9 Å². The van der Waals surface area contributed by atoms with Crippen LogP contribution in [0.5, 0.6) is 5.75 Å². The molecule has 4 rings (SSSR count). The van der Waals surface area contributed by atoms with E-state index in [1.165, 1.54) is 29.5 Å². The first-order valence-electron chi connectivity index (χ1n) is 11.8. The number of amides is 1. The molecule has 2 aromatic carbocycles. The highest BCUT2D eigenvalue weighted by Gasteiger charge is 2.37. The van der Waals surface area contributed by atoms with Crippen LogP contribution in [0.4, 0.5) is 5.69 Å². The van der Waals surface area contributed by atoms with Gasteiger partial charge in [-0.15, -0.1) is 0 Å². The Kier molecular flexibility index (Phi) is 7.93. The highest BCUT2D eigenvalue weighted by atomic mass is 32.2. The molecular weight excluding hydrogens is 478 g/mol. The van der Waals surface area contributed by atoms with Gasteiger partial charge in [-0.3, -0.25) is 19.2 Å². The van der Waals surface area contributed by atoms with Crippen LogP contribution in [0, 0.1) is 6.92 Å². The number of hydrogen-bond donors (Lipinski definition) is 0. The fourth-order valence-electron chi connectivity index (χ4n) is 4.06. The number of thioether (sulfide) groups is 1. The predicted molar refractivity (Wildman–Crippen MR) is 147 cm³/mol. The highest BCUT2D eigenvalue weighted by Crippen LogP contribution is 2.37. The zero-order valence-electron chi connectivity index (χ0n) is 20.2. The van der Waals surface area contributed by atoms with Gasteiger partial charge in [0.25, 0.3) is 11.5 Å². The molecule has 0 bridgehead atoms. The maximum absolute atomic E-state index is 13.5. The Labute approximate surface area is 215 Å². The molecule has 1 amide bonds. The summed E-state index contributed by atoms with van der Waals surface area (Å²) >= 11 is 6.76. The minimum Gasteiger partial charge on any atom is -0.493 e. The van der Waals surface area contributed by atoms with E-state index in [4.69, 9.17) is 17.0 Å². The molecule has 1 aromatic heterocycles. The van der Waals surface area contributed by atoms with E-state index >= 15 is 0 Å². The molecule has 1 aliphatic heterocycles. The second-order valence-corrected chi connectivity index (χ2v) is 10.0. The standard InChI is InChI=1S/C27H29N3O3S2/c1-4-5-6-12-17-33-22-16-11-10-13-20(22)18-23-25(31)29(27(34)35-23)24-19(2)28(3)30(26(24)32)21-14-8-7-9-15-21/h7-11,13-16,18H,4-6,12,17H2,1-3H3. The number of thiocarbonyl (C=S) groups is 1. The van der Waals surface area contributed by atoms with Gasteiger partial charge in [0.2, 0.25) is 0 Å². The van der Waals surface area contributed by atoms with Gasteiger partial charge < -0.3 is 4.74 Å². The van der Waals surface area contributed by atoms with Crippen LogP contribution in [0.15, 0.2) is 64.3 Å². The average Bonchev–Trinajstić information content (AvgIpc) is 3.25. The number of para-hydroxylation sites is 2. The maximum atomic E-state index is 13.5. The highest BCUT2D eigenvalue weighted by molar-refractivity contribution is 8.27. The van der Waals surface area contributed by atoms with Crippen LogP contribution in [0.2, 0.25) is 0 Å². The van der Waals surface area contributed by atoms with Gasteiger partial charge in [0.1, 0.15) is 11.4 Å². The van der Waals surface area contributed by atoms with Crippen LogP contribution >= 0.6 is 24.0 Å². The van der Waals surface area contributed by atoms with Gasteiger partial charge >= 0.3 is 0 Å². The lowest BCUT2D eigenvalue weighted by atomic mass is 10.1. The summed E-state index contributed by atoms with van der Waals surface area (Å²) in [5, 5.41) is 0. The van der Waals surface area contributed by atoms with Gasteiger partial charge in [-0.2, -0.15) is 0 Å². The van der Waals surface area contributed by atoms with E-state index in [0.717, 1.165) is 29.8 Å². The number of anilines is 1. The lowest BCUT2D eigenvalue weighted by molar-refractivity contribution is -0.113. The van der Waals surface area contributed by atoms with Gasteiger partial charge in [-0.1, -0.05) is 86.6 Å². The molecule has 0 radical (unpaired) electrons. The number of ether oxygens (including phenoxy) is 1. The SMILES string of the molecule is CCCCCCOc1ccccc1C=C1SC(=S)N(c2c(C)n(C)n(-c3ccccc3)c2=O)C1=O. The number of carbonyl (C=O) groups is 1. The molecule has 0 atom stereocenters. The molecule has 182 valence electrons. The molecule has 3 aromatic rings. The molecule has 6 nitrogen and oxygen atoms in total. The summed E-state index contributed by atoms with van der Waals surface area (Å²) in [5.41, 5.74) is 2.19. The Balaban J connectivity index is 1.63. The van der Waals surface area contributed by atoms with Crippen molar-refractivity contribution in [3.63, 3.8) is 0 Å². The number of hydrogen-bond acceptors (Lipinski definition) is 5. The second kappa shape index (κ2) is 11.1. The number of rotatable bonds is 9. The molecule has 2 heterocycles. The summed E-state index contributed by atoms with van der Waals surface area (Å²) in [6.45, 7) is 4.63. The normalized spacial score (nSPS) is 14.8. The van der Waals surface area contributed by atoms with E-state index in [2.05, 4.69) is 6.92 Å². The molecule has 0 N–H and O–H groups in total. The van der Waals surface area contributed by atoms with Gasteiger partial charge in [0, 0.05) is 12.6 Å². The molecule has 8 heteroatoms. The predicted octanol–water partition coefficient (Wildman–Crippen LogP) is 5.85. The van der Waals surface area contributed by atoms with Gasteiger partial charge in [-0.05, 0) is 37.6 Å². The largest absolute Gasteiger partial charge is 0.493 e. The van der Waals surface area contributed by atoms with Crippen LogP contribution in [-0.2, 0) is 11.8 Å². The Morgan fingerprint density at radius 1 is 1.00 bits per heavy atom. The summed E-state index contributed by atoms with van der Waals surface area (Å²) in [5.74, 6) is 0.431. The first-order valence-corrected chi connectivity index (χ1v) is 13.0. The number of aromatic nitrogens is 2. The van der Waals surface area contributed by atoms with E-state index in [1.54, 1.807) is 22.5 Å². The lowest BCUT2D eigenvalue weighted by Crippen LogP contribution is -2.33. The summed E-state index contributed by atoms with van der Waals surface area (Å²) in [4.78, 5) is 28.7. The number of unbranched alkanes of at least 4 members (excludes halogenated alkanes) is 3. The quantitative estimate of drug-likeness (QED) is 0.207. The first-order chi connectivity index (χ1) is 16.9. The van der Waals surface area contributed by atoms with Crippen molar-refractivity contribution in [2.45, 2.75) is 39.5 Å². The molecule has 1 saturated heterocycles. The molecule has 0 spiro atoms. The Bertz CT molecular complexity index is 1330. The van der Waals surface area contributed by atoms with Crippen molar-refractivity contribution in [2.75, 3.05) is 11.5 Å². The molecule has 35 heavy (non-hydrogen) atoms. The Hall–Kier alpha value is -3.10.